The summed E-state index contributed by atoms with van der Waals surface area (Å²) in [6.07, 6.45) is 12.2. The Balaban J connectivity index is 0. The topological polar surface area (TPSA) is 49.4 Å². The van der Waals surface area contributed by atoms with Crippen molar-refractivity contribution in [1.82, 2.24) is 0 Å². The van der Waals surface area contributed by atoms with Crippen LogP contribution in [-0.2, 0) is 24.4 Å². The molecule has 0 rings (SSSR count). The predicted octanol–water partition coefficient (Wildman–Crippen LogP) is 0.720. The molecular weight excluding hydrogens is 279 g/mol. The van der Waals surface area contributed by atoms with Crippen LogP contribution in [0.4, 0.5) is 0 Å². The summed E-state index contributed by atoms with van der Waals surface area (Å²) in [7, 11) is -3.65. The number of rotatable bonds is 12. The van der Waals surface area contributed by atoms with Crippen LogP contribution in [0.25, 0.3) is 0 Å². The van der Waals surface area contributed by atoms with Gasteiger partial charge in [-0.05, 0) is 17.6 Å². The molecule has 18 heavy (non-hydrogen) atoms. The normalized spacial score (nSPS) is 13.9. The smallest absolute Gasteiger partial charge is 0.748 e. The van der Waals surface area contributed by atoms with Crippen LogP contribution in [0.2, 0.25) is 0 Å². The summed E-state index contributed by atoms with van der Waals surface area (Å²) in [6, 6.07) is 0. The Morgan fingerprint density at radius 3 is 1.72 bits per heavy atom. The monoisotopic (exact) mass is 304 g/mol. The maximum atomic E-state index is 10.5. The largest absolute Gasteiger partial charge is 1.00 e. The zero-order valence-electron chi connectivity index (χ0n) is 11.8. The van der Waals surface area contributed by atoms with Crippen molar-refractivity contribution >= 4 is 20.2 Å². The molecule has 104 valence electrons. The number of hydrogen-bond acceptors (Lipinski definition) is 4. The molecule has 6 heteroatoms. The van der Waals surface area contributed by atoms with Crippen LogP contribution in [0.15, 0.2) is 0 Å². The van der Waals surface area contributed by atoms with E-state index in [9.17, 15) is 8.76 Å². The second kappa shape index (κ2) is 14.7. The molecule has 0 aromatic rings. The van der Waals surface area contributed by atoms with Gasteiger partial charge in [0, 0.05) is 0 Å². The minimum absolute atomic E-state index is 0. The van der Waals surface area contributed by atoms with Crippen molar-refractivity contribution in [2.24, 2.45) is 0 Å². The van der Waals surface area contributed by atoms with Crippen molar-refractivity contribution in [3.8, 4) is 0 Å². The van der Waals surface area contributed by atoms with E-state index in [2.05, 4.69) is 22.3 Å². The van der Waals surface area contributed by atoms with Crippen LogP contribution in [0.1, 0.15) is 71.1 Å². The van der Waals surface area contributed by atoms with Gasteiger partial charge in [0.25, 0.3) is 0 Å². The third-order valence-electron chi connectivity index (χ3n) is 2.73. The van der Waals surface area contributed by atoms with E-state index >= 15 is 0 Å². The van der Waals surface area contributed by atoms with Gasteiger partial charge in [-0.3, -0.25) is 4.18 Å². The standard InChI is InChI=1S/C12H26O3S2.Na/c1-2-3-4-5-6-7-8-9-10-11-12-15-17(13,14)16;/h2-12H2,1H3,(H,13,14,16);/q;+1/p-1. The fraction of sp³-hybridized carbons (Fsp3) is 1.00. The molecule has 0 N–H and O–H groups in total. The minimum atomic E-state index is -3.65. The van der Waals surface area contributed by atoms with Gasteiger partial charge in [0.1, 0.15) is 0 Å². The Kier molecular flexibility index (Phi) is 17.6. The molecule has 1 atom stereocenters. The number of hydrogen-bond donors (Lipinski definition) is 0. The molecule has 0 spiro atoms. The second-order valence-electron chi connectivity index (χ2n) is 4.41. The van der Waals surface area contributed by atoms with Gasteiger partial charge in [0.15, 0.2) is 0 Å². The molecule has 0 bridgehead atoms. The van der Waals surface area contributed by atoms with Crippen LogP contribution in [0.3, 0.4) is 0 Å². The van der Waals surface area contributed by atoms with E-state index in [-0.39, 0.29) is 36.2 Å². The summed E-state index contributed by atoms with van der Waals surface area (Å²) >= 11 is 4.10. The molecule has 0 aliphatic rings. The van der Waals surface area contributed by atoms with Crippen LogP contribution >= 0.6 is 0 Å². The van der Waals surface area contributed by atoms with E-state index in [0.717, 1.165) is 19.3 Å². The molecule has 0 aromatic heterocycles. The Hall–Kier alpha value is 1.29. The molecule has 0 heterocycles. The molecule has 0 saturated heterocycles. The summed E-state index contributed by atoms with van der Waals surface area (Å²) in [5.41, 5.74) is 0. The van der Waals surface area contributed by atoms with E-state index in [1.54, 1.807) is 0 Å². The van der Waals surface area contributed by atoms with E-state index < -0.39 is 9.05 Å². The molecule has 0 aromatic carbocycles. The van der Waals surface area contributed by atoms with Gasteiger partial charge in [-0.2, -0.15) is 0 Å². The average molecular weight is 304 g/mol. The van der Waals surface area contributed by atoms with Gasteiger partial charge < -0.3 is 4.55 Å². The van der Waals surface area contributed by atoms with E-state index in [1.807, 2.05) is 0 Å². The summed E-state index contributed by atoms with van der Waals surface area (Å²) < 4.78 is 25.5. The average Bonchev–Trinajstić information content (AvgIpc) is 2.24. The van der Waals surface area contributed by atoms with E-state index in [0.29, 0.717) is 0 Å². The first-order chi connectivity index (χ1) is 8.06. The molecule has 0 amide bonds. The summed E-state index contributed by atoms with van der Waals surface area (Å²) in [5, 5.41) is 0. The van der Waals surface area contributed by atoms with E-state index in [4.69, 9.17) is 0 Å². The van der Waals surface area contributed by atoms with Crippen LogP contribution in [0.5, 0.6) is 0 Å². The van der Waals surface area contributed by atoms with Crippen molar-refractivity contribution in [2.75, 3.05) is 6.61 Å². The Morgan fingerprint density at radius 2 is 1.33 bits per heavy atom. The van der Waals surface area contributed by atoms with Crippen molar-refractivity contribution in [2.45, 2.75) is 71.1 Å². The first-order valence-corrected chi connectivity index (χ1v) is 9.00. The minimum Gasteiger partial charge on any atom is -0.748 e. The van der Waals surface area contributed by atoms with Crippen molar-refractivity contribution in [3.63, 3.8) is 0 Å². The third-order valence-corrected chi connectivity index (χ3v) is 3.47. The maximum Gasteiger partial charge on any atom is 1.00 e. The molecule has 3 nitrogen and oxygen atoms in total. The fourth-order valence-electron chi connectivity index (χ4n) is 1.75. The predicted molar refractivity (Wildman–Crippen MR) is 74.1 cm³/mol. The van der Waals surface area contributed by atoms with Crippen LogP contribution in [0, 0.1) is 0 Å². The van der Waals surface area contributed by atoms with Gasteiger partial charge in [-0.15, -0.1) is 0 Å². The first-order valence-electron chi connectivity index (χ1n) is 6.66. The molecule has 0 aliphatic heterocycles. The summed E-state index contributed by atoms with van der Waals surface area (Å²) in [5.74, 6) is 0. The fourth-order valence-corrected chi connectivity index (χ4v) is 2.28. The van der Waals surface area contributed by atoms with Gasteiger partial charge in [0.2, 0.25) is 0 Å². The van der Waals surface area contributed by atoms with Gasteiger partial charge in [-0.1, -0.05) is 64.7 Å². The van der Waals surface area contributed by atoms with E-state index in [1.165, 1.54) is 44.9 Å². The first kappa shape index (κ1) is 21.6. The van der Waals surface area contributed by atoms with Crippen LogP contribution < -0.4 is 29.6 Å². The van der Waals surface area contributed by atoms with Crippen molar-refractivity contribution in [1.29, 1.82) is 0 Å². The summed E-state index contributed by atoms with van der Waals surface area (Å²) in [6.45, 7) is 2.47. The zero-order valence-corrected chi connectivity index (χ0v) is 15.5. The molecule has 0 fully saturated rings. The quantitative estimate of drug-likeness (QED) is 0.394. The second-order valence-corrected chi connectivity index (χ2v) is 6.69. The Labute approximate surface area is 139 Å². The Morgan fingerprint density at radius 1 is 0.944 bits per heavy atom. The molecular formula is C12H25NaO3S2. The maximum absolute atomic E-state index is 10.5. The zero-order chi connectivity index (χ0) is 13.0. The van der Waals surface area contributed by atoms with Crippen molar-refractivity contribution < 1.29 is 42.5 Å². The molecule has 0 saturated carbocycles. The van der Waals surface area contributed by atoms with Gasteiger partial charge in [-0.25, -0.2) is 4.21 Å². The molecule has 0 aliphatic carbocycles. The Bertz CT molecular complexity index is 256. The van der Waals surface area contributed by atoms with Crippen molar-refractivity contribution in [3.05, 3.63) is 0 Å². The molecule has 1 unspecified atom stereocenters. The van der Waals surface area contributed by atoms with Crippen LogP contribution in [-0.4, -0.2) is 15.4 Å². The number of unbranched alkanes of at least 4 members (excludes halogenated alkanes) is 9. The molecule has 0 radical (unpaired) electrons. The van der Waals surface area contributed by atoms with Gasteiger partial charge in [0.05, 0.1) is 15.7 Å². The summed E-state index contributed by atoms with van der Waals surface area (Å²) in [4.78, 5) is 0. The van der Waals surface area contributed by atoms with Gasteiger partial charge >= 0.3 is 29.6 Å². The third kappa shape index (κ3) is 19.6. The SMILES string of the molecule is CCCCCCCCCCCCOS(=O)([O-])=S.[Na+].